The number of ether oxygens (including phenoxy) is 1. The molecule has 1 rings (SSSR count). The lowest BCUT2D eigenvalue weighted by Crippen LogP contribution is -2.21. The molecule has 1 heterocycles. The average Bonchev–Trinajstić information content (AvgIpc) is 2.08. The van der Waals surface area contributed by atoms with Crippen molar-refractivity contribution in [1.29, 1.82) is 0 Å². The van der Waals surface area contributed by atoms with Gasteiger partial charge in [0, 0.05) is 17.5 Å². The van der Waals surface area contributed by atoms with Gasteiger partial charge in [0.1, 0.15) is 0 Å². The molecule has 0 unspecified atom stereocenters. The van der Waals surface area contributed by atoms with Crippen LogP contribution in [0.1, 0.15) is 6.92 Å². The molecule has 0 aromatic heterocycles. The van der Waals surface area contributed by atoms with Crippen molar-refractivity contribution >= 4 is 17.7 Å². The maximum absolute atomic E-state index is 11.0. The Kier molecular flexibility index (Phi) is 2.76. The van der Waals surface area contributed by atoms with Crippen LogP contribution in [0.25, 0.3) is 0 Å². The van der Waals surface area contributed by atoms with Crippen LogP contribution in [-0.4, -0.2) is 24.0 Å². The van der Waals surface area contributed by atoms with E-state index in [1.54, 1.807) is 12.2 Å². The first-order valence-electron chi connectivity index (χ1n) is 3.54. The van der Waals surface area contributed by atoms with Crippen molar-refractivity contribution in [2.45, 2.75) is 6.92 Å². The number of carbonyl (C=O) groups excluding carboxylic acids is 1. The molecule has 0 fully saturated rings. The van der Waals surface area contributed by atoms with Gasteiger partial charge in [-0.2, -0.15) is 0 Å². The summed E-state index contributed by atoms with van der Waals surface area (Å²) in [4.78, 5) is 11.0. The molecule has 4 heteroatoms. The molecule has 66 valence electrons. The molecule has 0 aromatic carbocycles. The smallest absolute Gasteiger partial charge is 0.335 e. The Labute approximate surface area is 76.4 Å². The first-order valence-corrected chi connectivity index (χ1v) is 3.88. The number of allylic oxidation sites excluding steroid dienone is 3. The van der Waals surface area contributed by atoms with Gasteiger partial charge in [-0.3, -0.25) is 4.42 Å². The van der Waals surface area contributed by atoms with E-state index in [9.17, 15) is 4.79 Å². The number of hydrogen-bond acceptors (Lipinski definition) is 3. The fourth-order valence-electron chi connectivity index (χ4n) is 0.893. The van der Waals surface area contributed by atoms with E-state index < -0.39 is 0 Å². The van der Waals surface area contributed by atoms with E-state index >= 15 is 0 Å². The fourth-order valence-corrected chi connectivity index (χ4v) is 1.08. The third-order valence-electron chi connectivity index (χ3n) is 1.67. The molecule has 0 aliphatic carbocycles. The van der Waals surface area contributed by atoms with Gasteiger partial charge in [-0.1, -0.05) is 0 Å². The van der Waals surface area contributed by atoms with Gasteiger partial charge in [0.25, 0.3) is 0 Å². The second-order valence-corrected chi connectivity index (χ2v) is 2.92. The molecule has 0 saturated heterocycles. The van der Waals surface area contributed by atoms with Crippen LogP contribution in [-0.2, 0) is 9.53 Å². The highest BCUT2D eigenvalue weighted by Crippen LogP contribution is 2.16. The van der Waals surface area contributed by atoms with Gasteiger partial charge < -0.3 is 4.74 Å². The summed E-state index contributed by atoms with van der Waals surface area (Å²) in [5.41, 5.74) is 1.49. The molecule has 0 aromatic rings. The van der Waals surface area contributed by atoms with Gasteiger partial charge in [-0.25, -0.2) is 4.79 Å². The summed E-state index contributed by atoms with van der Waals surface area (Å²) < 4.78 is 6.03. The van der Waals surface area contributed by atoms with Crippen LogP contribution in [0.3, 0.4) is 0 Å². The molecular formula is C8H10ClNO2. The minimum atomic E-state index is -0.329. The Balaban J connectivity index is 2.77. The summed E-state index contributed by atoms with van der Waals surface area (Å²) in [6.45, 7) is 2.27. The molecule has 3 nitrogen and oxygen atoms in total. The Morgan fingerprint density at radius 1 is 1.67 bits per heavy atom. The Hall–Kier alpha value is -0.960. The number of methoxy groups -OCH3 is 1. The molecule has 1 aliphatic rings. The monoisotopic (exact) mass is 187 g/mol. The van der Waals surface area contributed by atoms with Crippen molar-refractivity contribution in [2.24, 2.45) is 0 Å². The van der Waals surface area contributed by atoms with Gasteiger partial charge in [-0.05, 0) is 19.1 Å². The quantitative estimate of drug-likeness (QED) is 0.460. The summed E-state index contributed by atoms with van der Waals surface area (Å²) >= 11 is 5.78. The maximum atomic E-state index is 11.0. The van der Waals surface area contributed by atoms with Crippen LogP contribution < -0.4 is 0 Å². The Morgan fingerprint density at radius 3 is 2.83 bits per heavy atom. The van der Waals surface area contributed by atoms with Crippen molar-refractivity contribution in [2.75, 3.05) is 13.7 Å². The molecule has 0 radical (unpaired) electrons. The zero-order valence-electron chi connectivity index (χ0n) is 7.00. The van der Waals surface area contributed by atoms with Crippen molar-refractivity contribution in [3.8, 4) is 0 Å². The summed E-state index contributed by atoms with van der Waals surface area (Å²) in [6, 6.07) is 0. The van der Waals surface area contributed by atoms with Crippen LogP contribution >= 0.6 is 11.8 Å². The van der Waals surface area contributed by atoms with E-state index in [2.05, 4.69) is 4.74 Å². The Bertz CT molecular complexity index is 258. The van der Waals surface area contributed by atoms with E-state index in [0.717, 1.165) is 5.70 Å². The molecule has 0 saturated carbocycles. The SMILES string of the molecule is COC(=O)C1=CC=C(C)N(Cl)C1. The fraction of sp³-hybridized carbons (Fsp3) is 0.375. The molecule has 1 aliphatic heterocycles. The topological polar surface area (TPSA) is 29.5 Å². The maximum Gasteiger partial charge on any atom is 0.335 e. The standard InChI is InChI=1S/C8H10ClNO2/c1-6-3-4-7(5-10(6)9)8(11)12-2/h3-4H,5H2,1-2H3. The second-order valence-electron chi connectivity index (χ2n) is 2.51. The highest BCUT2D eigenvalue weighted by Gasteiger charge is 2.16. The lowest BCUT2D eigenvalue weighted by atomic mass is 10.2. The largest absolute Gasteiger partial charge is 0.466 e. The van der Waals surface area contributed by atoms with Crippen molar-refractivity contribution in [1.82, 2.24) is 4.42 Å². The zero-order valence-corrected chi connectivity index (χ0v) is 7.76. The zero-order chi connectivity index (χ0) is 9.14. The first kappa shape index (κ1) is 9.13. The van der Waals surface area contributed by atoms with Gasteiger partial charge >= 0.3 is 5.97 Å². The van der Waals surface area contributed by atoms with Crippen molar-refractivity contribution < 1.29 is 9.53 Å². The highest BCUT2D eigenvalue weighted by atomic mass is 35.5. The number of rotatable bonds is 1. The molecule has 0 spiro atoms. The number of hydrogen-bond donors (Lipinski definition) is 0. The van der Waals surface area contributed by atoms with Gasteiger partial charge in [0.15, 0.2) is 0 Å². The predicted molar refractivity (Wildman–Crippen MR) is 46.4 cm³/mol. The van der Waals surface area contributed by atoms with Gasteiger partial charge in [-0.15, -0.1) is 0 Å². The summed E-state index contributed by atoms with van der Waals surface area (Å²) in [7, 11) is 1.35. The van der Waals surface area contributed by atoms with Crippen molar-refractivity contribution in [3.05, 3.63) is 23.4 Å². The number of nitrogens with zero attached hydrogens (tertiary/aromatic N) is 1. The van der Waals surface area contributed by atoms with Gasteiger partial charge in [0.2, 0.25) is 0 Å². The van der Waals surface area contributed by atoms with E-state index in [1.807, 2.05) is 6.92 Å². The molecule has 0 N–H and O–H groups in total. The van der Waals surface area contributed by atoms with E-state index in [4.69, 9.17) is 11.8 Å². The normalized spacial score (nSPS) is 16.8. The lowest BCUT2D eigenvalue weighted by Gasteiger charge is -2.20. The first-order chi connectivity index (χ1) is 5.65. The summed E-state index contributed by atoms with van der Waals surface area (Å²) in [6.07, 6.45) is 3.50. The van der Waals surface area contributed by atoms with E-state index in [1.165, 1.54) is 11.5 Å². The molecule has 0 atom stereocenters. The number of carbonyl (C=O) groups is 1. The summed E-state index contributed by atoms with van der Waals surface area (Å²) in [5.74, 6) is -0.329. The lowest BCUT2D eigenvalue weighted by molar-refractivity contribution is -0.136. The van der Waals surface area contributed by atoms with Crippen LogP contribution in [0.5, 0.6) is 0 Å². The van der Waals surface area contributed by atoms with Crippen LogP contribution in [0, 0.1) is 0 Å². The van der Waals surface area contributed by atoms with E-state index in [0.29, 0.717) is 12.1 Å². The van der Waals surface area contributed by atoms with Gasteiger partial charge in [0.05, 0.1) is 19.2 Å². The van der Waals surface area contributed by atoms with Crippen LogP contribution in [0.15, 0.2) is 23.4 Å². The number of halogens is 1. The minimum absolute atomic E-state index is 0.329. The van der Waals surface area contributed by atoms with E-state index in [-0.39, 0.29) is 5.97 Å². The highest BCUT2D eigenvalue weighted by molar-refractivity contribution is 6.15. The van der Waals surface area contributed by atoms with Crippen LogP contribution in [0.2, 0.25) is 0 Å². The second kappa shape index (κ2) is 3.63. The third-order valence-corrected chi connectivity index (χ3v) is 2.05. The molecular weight excluding hydrogens is 178 g/mol. The number of esters is 1. The summed E-state index contributed by atoms with van der Waals surface area (Å²) in [5, 5.41) is 0. The Morgan fingerprint density at radius 2 is 2.33 bits per heavy atom. The third kappa shape index (κ3) is 1.80. The van der Waals surface area contributed by atoms with Crippen molar-refractivity contribution in [3.63, 3.8) is 0 Å². The predicted octanol–water partition coefficient (Wildman–Crippen LogP) is 1.46. The average molecular weight is 188 g/mol. The molecule has 0 bridgehead atoms. The molecule has 12 heavy (non-hydrogen) atoms. The van der Waals surface area contributed by atoms with Crippen LogP contribution in [0.4, 0.5) is 0 Å². The molecule has 0 amide bonds. The minimum Gasteiger partial charge on any atom is -0.466 e.